The number of aryl methyl sites for hydroxylation is 1. The van der Waals surface area contributed by atoms with Crippen LogP contribution in [0, 0.1) is 6.92 Å². The molecule has 0 radical (unpaired) electrons. The molecule has 1 atom stereocenters. The van der Waals surface area contributed by atoms with Gasteiger partial charge in [0.05, 0.1) is 11.9 Å². The highest BCUT2D eigenvalue weighted by molar-refractivity contribution is 7.92. The fourth-order valence-corrected chi connectivity index (χ4v) is 4.91. The van der Waals surface area contributed by atoms with Gasteiger partial charge in [-0.1, -0.05) is 49.2 Å². The van der Waals surface area contributed by atoms with Crippen molar-refractivity contribution in [1.29, 1.82) is 0 Å². The summed E-state index contributed by atoms with van der Waals surface area (Å²) in [5.41, 5.74) is 2.33. The number of hydrogen-bond acceptors (Lipinski definition) is 4. The summed E-state index contributed by atoms with van der Waals surface area (Å²) in [5, 5.41) is 3.44. The van der Waals surface area contributed by atoms with Crippen LogP contribution in [0.2, 0.25) is 5.02 Å². The van der Waals surface area contributed by atoms with Crippen LogP contribution in [0.3, 0.4) is 0 Å². The Morgan fingerprint density at radius 3 is 2.43 bits per heavy atom. The van der Waals surface area contributed by atoms with Crippen molar-refractivity contribution in [3.63, 3.8) is 0 Å². The Bertz CT molecular complexity index is 1110. The van der Waals surface area contributed by atoms with E-state index in [4.69, 9.17) is 11.6 Å². The topological polar surface area (TPSA) is 86.8 Å². The van der Waals surface area contributed by atoms with Gasteiger partial charge in [0.2, 0.25) is 21.8 Å². The van der Waals surface area contributed by atoms with E-state index >= 15 is 0 Å². The minimum Gasteiger partial charge on any atom is -0.354 e. The third-order valence-electron chi connectivity index (χ3n) is 5.68. The zero-order valence-electron chi connectivity index (χ0n) is 21.0. The summed E-state index contributed by atoms with van der Waals surface area (Å²) in [7, 11) is -3.52. The van der Waals surface area contributed by atoms with Crippen molar-refractivity contribution < 1.29 is 18.0 Å². The Hall–Kier alpha value is -2.58. The molecule has 0 aliphatic heterocycles. The molecule has 0 bridgehead atoms. The average molecular weight is 522 g/mol. The van der Waals surface area contributed by atoms with Gasteiger partial charge in [0.25, 0.3) is 0 Å². The largest absolute Gasteiger partial charge is 0.354 e. The maximum absolute atomic E-state index is 13.3. The van der Waals surface area contributed by atoms with E-state index < -0.39 is 16.1 Å². The van der Waals surface area contributed by atoms with Gasteiger partial charge in [-0.3, -0.25) is 13.9 Å². The van der Waals surface area contributed by atoms with E-state index in [0.29, 0.717) is 23.7 Å². The Balaban J connectivity index is 2.14. The summed E-state index contributed by atoms with van der Waals surface area (Å²) >= 11 is 6.12. The van der Waals surface area contributed by atoms with Gasteiger partial charge in [-0.15, -0.1) is 0 Å². The van der Waals surface area contributed by atoms with Gasteiger partial charge in [0, 0.05) is 31.1 Å². The van der Waals surface area contributed by atoms with Crippen molar-refractivity contribution in [3.8, 4) is 0 Å². The summed E-state index contributed by atoms with van der Waals surface area (Å²) in [6.07, 6.45) is 3.39. The molecule has 2 aromatic carbocycles. The number of amides is 2. The summed E-state index contributed by atoms with van der Waals surface area (Å²) in [6.45, 7) is 6.60. The van der Waals surface area contributed by atoms with Crippen molar-refractivity contribution in [3.05, 3.63) is 64.7 Å². The van der Waals surface area contributed by atoms with Crippen LogP contribution in [-0.2, 0) is 26.2 Å². The monoisotopic (exact) mass is 521 g/mol. The van der Waals surface area contributed by atoms with Crippen molar-refractivity contribution in [2.75, 3.05) is 23.7 Å². The molecule has 0 spiro atoms. The normalized spacial score (nSPS) is 12.1. The number of sulfonamides is 1. The number of hydrogen-bond donors (Lipinski definition) is 1. The van der Waals surface area contributed by atoms with Gasteiger partial charge in [-0.25, -0.2) is 8.42 Å². The van der Waals surface area contributed by atoms with Crippen LogP contribution in [0.1, 0.15) is 50.7 Å². The fourth-order valence-electron chi connectivity index (χ4n) is 3.74. The van der Waals surface area contributed by atoms with Gasteiger partial charge in [0.15, 0.2) is 0 Å². The first-order valence-corrected chi connectivity index (χ1v) is 14.1. The number of rotatable bonds is 13. The molecule has 35 heavy (non-hydrogen) atoms. The molecule has 0 aromatic heterocycles. The molecular weight excluding hydrogens is 486 g/mol. The Kier molecular flexibility index (Phi) is 11.0. The molecule has 0 aliphatic rings. The SMILES string of the molecule is CCCCNC(=O)[C@H](C)N(Cc1cccc(Cl)c1)C(=O)CCCN(c1cccc(C)c1)S(C)(=O)=O. The lowest BCUT2D eigenvalue weighted by Crippen LogP contribution is -2.48. The number of nitrogens with one attached hydrogen (secondary N) is 1. The molecule has 192 valence electrons. The zero-order valence-corrected chi connectivity index (χ0v) is 22.5. The smallest absolute Gasteiger partial charge is 0.242 e. The fraction of sp³-hybridized carbons (Fsp3) is 0.462. The van der Waals surface area contributed by atoms with Gasteiger partial charge in [-0.2, -0.15) is 0 Å². The Morgan fingerprint density at radius 2 is 1.80 bits per heavy atom. The van der Waals surface area contributed by atoms with Crippen molar-refractivity contribution in [1.82, 2.24) is 10.2 Å². The van der Waals surface area contributed by atoms with Crippen LogP contribution < -0.4 is 9.62 Å². The quantitative estimate of drug-likeness (QED) is 0.392. The summed E-state index contributed by atoms with van der Waals surface area (Å²) < 4.78 is 26.1. The molecule has 0 fully saturated rings. The molecule has 0 aliphatic carbocycles. The number of unbranched alkanes of at least 4 members (excludes halogenated alkanes) is 1. The highest BCUT2D eigenvalue weighted by Crippen LogP contribution is 2.21. The molecule has 0 saturated heterocycles. The molecular formula is C26H36ClN3O4S. The molecule has 1 N–H and O–H groups in total. The minimum absolute atomic E-state index is 0.102. The molecule has 7 nitrogen and oxygen atoms in total. The van der Waals surface area contributed by atoms with Crippen LogP contribution >= 0.6 is 11.6 Å². The van der Waals surface area contributed by atoms with E-state index in [2.05, 4.69) is 5.32 Å². The Morgan fingerprint density at radius 1 is 1.09 bits per heavy atom. The lowest BCUT2D eigenvalue weighted by atomic mass is 10.1. The lowest BCUT2D eigenvalue weighted by Gasteiger charge is -2.29. The van der Waals surface area contributed by atoms with Crippen LogP contribution in [0.25, 0.3) is 0 Å². The standard InChI is InChI=1S/C26H36ClN3O4S/c1-5-6-15-28-26(32)21(3)29(19-22-11-8-12-23(27)18-22)25(31)14-9-16-30(35(4,33)34)24-13-7-10-20(2)17-24/h7-8,10-13,17-18,21H,5-6,9,14-16,19H2,1-4H3,(H,28,32)/t21-/m0/s1. The summed E-state index contributed by atoms with van der Waals surface area (Å²) in [5.74, 6) is -0.438. The molecule has 0 saturated carbocycles. The molecule has 2 amide bonds. The third kappa shape index (κ3) is 9.18. The minimum atomic E-state index is -3.52. The van der Waals surface area contributed by atoms with E-state index in [-0.39, 0.29) is 31.3 Å². The first kappa shape index (κ1) is 28.7. The number of halogens is 1. The maximum atomic E-state index is 13.3. The summed E-state index contributed by atoms with van der Waals surface area (Å²) in [6, 6.07) is 13.8. The molecule has 2 aromatic rings. The van der Waals surface area contributed by atoms with Gasteiger partial charge in [0.1, 0.15) is 6.04 Å². The van der Waals surface area contributed by atoms with Gasteiger partial charge in [-0.05, 0) is 62.1 Å². The summed E-state index contributed by atoms with van der Waals surface area (Å²) in [4.78, 5) is 27.5. The van der Waals surface area contributed by atoms with Crippen molar-refractivity contribution >= 4 is 39.1 Å². The highest BCUT2D eigenvalue weighted by Gasteiger charge is 2.26. The predicted octanol–water partition coefficient (Wildman–Crippen LogP) is 4.53. The van der Waals surface area contributed by atoms with E-state index in [1.165, 1.54) is 9.21 Å². The number of carbonyl (C=O) groups is 2. The number of nitrogens with zero attached hydrogens (tertiary/aromatic N) is 2. The van der Waals surface area contributed by atoms with Gasteiger partial charge >= 0.3 is 0 Å². The zero-order chi connectivity index (χ0) is 26.0. The molecule has 9 heteroatoms. The van der Waals surface area contributed by atoms with Gasteiger partial charge < -0.3 is 10.2 Å². The van der Waals surface area contributed by atoms with Crippen molar-refractivity contribution in [2.24, 2.45) is 0 Å². The van der Waals surface area contributed by atoms with Crippen LogP contribution in [-0.4, -0.2) is 50.5 Å². The second-order valence-corrected chi connectivity index (χ2v) is 11.1. The van der Waals surface area contributed by atoms with Crippen LogP contribution in [0.4, 0.5) is 5.69 Å². The number of benzene rings is 2. The van der Waals surface area contributed by atoms with E-state index in [0.717, 1.165) is 30.2 Å². The van der Waals surface area contributed by atoms with E-state index in [9.17, 15) is 18.0 Å². The molecule has 2 rings (SSSR count). The average Bonchev–Trinajstić information content (AvgIpc) is 2.79. The van der Waals surface area contributed by atoms with Crippen molar-refractivity contribution in [2.45, 2.75) is 59.0 Å². The predicted molar refractivity (Wildman–Crippen MR) is 142 cm³/mol. The van der Waals surface area contributed by atoms with Crippen LogP contribution in [0.15, 0.2) is 48.5 Å². The Labute approximate surface area is 214 Å². The first-order valence-electron chi connectivity index (χ1n) is 11.9. The maximum Gasteiger partial charge on any atom is 0.242 e. The third-order valence-corrected chi connectivity index (χ3v) is 7.11. The molecule has 0 heterocycles. The second-order valence-electron chi connectivity index (χ2n) is 8.75. The van der Waals surface area contributed by atoms with Crippen LogP contribution in [0.5, 0.6) is 0 Å². The molecule has 0 unspecified atom stereocenters. The van der Waals surface area contributed by atoms with E-state index in [1.54, 1.807) is 43.3 Å². The lowest BCUT2D eigenvalue weighted by molar-refractivity contribution is -0.140. The number of carbonyl (C=O) groups excluding carboxylic acids is 2. The number of anilines is 1. The second kappa shape index (κ2) is 13.5. The van der Waals surface area contributed by atoms with E-state index in [1.807, 2.05) is 26.0 Å². The highest BCUT2D eigenvalue weighted by atomic mass is 35.5. The first-order chi connectivity index (χ1) is 16.5.